The Kier molecular flexibility index (Phi) is 4.59. The number of aliphatic hydroxyl groups excluding tert-OH is 1. The molecule has 0 fully saturated rings. The van der Waals surface area contributed by atoms with Crippen LogP contribution in [0, 0.1) is 0 Å². The Balaban J connectivity index is 2.56. The van der Waals surface area contributed by atoms with Crippen LogP contribution in [0.5, 0.6) is 5.75 Å². The lowest BCUT2D eigenvalue weighted by Gasteiger charge is -2.10. The summed E-state index contributed by atoms with van der Waals surface area (Å²) in [6.07, 6.45) is 1.50. The van der Waals surface area contributed by atoms with E-state index in [9.17, 15) is 9.59 Å². The van der Waals surface area contributed by atoms with Gasteiger partial charge in [0.05, 0.1) is 24.1 Å². The SMILES string of the molecule is CCOc1ccc2c(c1)c(=O)c(C(=O)NCCO)cn2C. The van der Waals surface area contributed by atoms with Crippen molar-refractivity contribution in [3.8, 4) is 5.75 Å². The van der Waals surface area contributed by atoms with Crippen molar-refractivity contribution in [3.63, 3.8) is 0 Å². The molecule has 6 nitrogen and oxygen atoms in total. The van der Waals surface area contributed by atoms with Gasteiger partial charge in [-0.2, -0.15) is 0 Å². The van der Waals surface area contributed by atoms with E-state index in [1.807, 2.05) is 6.92 Å². The summed E-state index contributed by atoms with van der Waals surface area (Å²) in [6, 6.07) is 5.22. The number of carbonyl (C=O) groups is 1. The van der Waals surface area contributed by atoms with E-state index in [4.69, 9.17) is 9.84 Å². The number of aryl methyl sites for hydroxylation is 1. The summed E-state index contributed by atoms with van der Waals surface area (Å²) in [6.45, 7) is 2.30. The van der Waals surface area contributed by atoms with Crippen molar-refractivity contribution in [1.29, 1.82) is 0 Å². The molecule has 0 spiro atoms. The number of aromatic nitrogens is 1. The van der Waals surface area contributed by atoms with E-state index in [1.54, 1.807) is 29.8 Å². The summed E-state index contributed by atoms with van der Waals surface area (Å²) in [4.78, 5) is 24.4. The first-order valence-corrected chi connectivity index (χ1v) is 6.73. The van der Waals surface area contributed by atoms with Gasteiger partial charge in [0.2, 0.25) is 5.43 Å². The summed E-state index contributed by atoms with van der Waals surface area (Å²) in [5.41, 5.74) is 0.425. The summed E-state index contributed by atoms with van der Waals surface area (Å²) in [5.74, 6) is 0.100. The fourth-order valence-electron chi connectivity index (χ4n) is 2.15. The van der Waals surface area contributed by atoms with E-state index in [0.717, 1.165) is 5.52 Å². The third-order valence-electron chi connectivity index (χ3n) is 3.11. The molecule has 1 amide bonds. The number of rotatable bonds is 5. The maximum atomic E-state index is 12.4. The minimum Gasteiger partial charge on any atom is -0.494 e. The average Bonchev–Trinajstić information content (AvgIpc) is 2.48. The topological polar surface area (TPSA) is 80.6 Å². The molecule has 1 heterocycles. The van der Waals surface area contributed by atoms with Gasteiger partial charge in [-0.25, -0.2) is 0 Å². The second-order valence-electron chi connectivity index (χ2n) is 4.57. The lowest BCUT2D eigenvalue weighted by Crippen LogP contribution is -2.31. The highest BCUT2D eigenvalue weighted by atomic mass is 16.5. The minimum absolute atomic E-state index is 0.0482. The van der Waals surface area contributed by atoms with Crippen LogP contribution < -0.4 is 15.5 Å². The number of hydrogen-bond donors (Lipinski definition) is 2. The zero-order valence-electron chi connectivity index (χ0n) is 12.0. The van der Waals surface area contributed by atoms with E-state index < -0.39 is 5.91 Å². The van der Waals surface area contributed by atoms with Gasteiger partial charge in [0, 0.05) is 19.8 Å². The molecule has 2 N–H and O–H groups in total. The van der Waals surface area contributed by atoms with Gasteiger partial charge in [-0.05, 0) is 25.1 Å². The molecule has 0 aliphatic rings. The molecule has 0 atom stereocenters. The standard InChI is InChI=1S/C15H18N2O4/c1-3-21-10-4-5-13-11(8-10)14(19)12(9-17(13)2)15(20)16-6-7-18/h4-5,8-9,18H,3,6-7H2,1-2H3,(H,16,20). The largest absolute Gasteiger partial charge is 0.494 e. The lowest BCUT2D eigenvalue weighted by molar-refractivity contribution is 0.0943. The van der Waals surface area contributed by atoms with Crippen LogP contribution in [-0.4, -0.2) is 35.3 Å². The number of nitrogens with zero attached hydrogens (tertiary/aromatic N) is 1. The third kappa shape index (κ3) is 3.05. The number of fused-ring (bicyclic) bond motifs is 1. The molecular weight excluding hydrogens is 272 g/mol. The van der Waals surface area contributed by atoms with Crippen molar-refractivity contribution in [3.05, 3.63) is 40.2 Å². The quantitative estimate of drug-likeness (QED) is 0.847. The predicted octanol–water partition coefficient (Wildman–Crippen LogP) is 0.659. The van der Waals surface area contributed by atoms with Crippen molar-refractivity contribution in [2.75, 3.05) is 19.8 Å². The number of ether oxygens (including phenoxy) is 1. The summed E-state index contributed by atoms with van der Waals surface area (Å²) in [7, 11) is 1.77. The number of amides is 1. The van der Waals surface area contributed by atoms with Crippen molar-refractivity contribution < 1.29 is 14.6 Å². The minimum atomic E-state index is -0.492. The highest BCUT2D eigenvalue weighted by Gasteiger charge is 2.14. The second kappa shape index (κ2) is 6.41. The smallest absolute Gasteiger partial charge is 0.256 e. The maximum absolute atomic E-state index is 12.4. The van der Waals surface area contributed by atoms with E-state index in [1.165, 1.54) is 6.20 Å². The first-order chi connectivity index (χ1) is 10.1. The molecule has 0 bridgehead atoms. The first kappa shape index (κ1) is 15.1. The summed E-state index contributed by atoms with van der Waals surface area (Å²) in [5, 5.41) is 11.7. The fourth-order valence-corrected chi connectivity index (χ4v) is 2.15. The maximum Gasteiger partial charge on any atom is 0.256 e. The number of carbonyl (C=O) groups excluding carboxylic acids is 1. The van der Waals surface area contributed by atoms with Crippen LogP contribution in [0.15, 0.2) is 29.2 Å². The van der Waals surface area contributed by atoms with Crippen LogP contribution in [0.1, 0.15) is 17.3 Å². The Morgan fingerprint density at radius 1 is 1.43 bits per heavy atom. The molecule has 0 saturated heterocycles. The number of benzene rings is 1. The van der Waals surface area contributed by atoms with E-state index in [-0.39, 0.29) is 24.1 Å². The van der Waals surface area contributed by atoms with Gasteiger partial charge in [0.1, 0.15) is 11.3 Å². The van der Waals surface area contributed by atoms with Crippen LogP contribution in [0.4, 0.5) is 0 Å². The van der Waals surface area contributed by atoms with Crippen molar-refractivity contribution in [1.82, 2.24) is 9.88 Å². The zero-order valence-corrected chi connectivity index (χ0v) is 12.0. The summed E-state index contributed by atoms with van der Waals surface area (Å²) >= 11 is 0. The molecule has 1 aromatic carbocycles. The molecule has 21 heavy (non-hydrogen) atoms. The summed E-state index contributed by atoms with van der Waals surface area (Å²) < 4.78 is 7.11. The third-order valence-corrected chi connectivity index (χ3v) is 3.11. The Morgan fingerprint density at radius 2 is 2.19 bits per heavy atom. The van der Waals surface area contributed by atoms with Gasteiger partial charge in [-0.15, -0.1) is 0 Å². The zero-order chi connectivity index (χ0) is 15.4. The van der Waals surface area contributed by atoms with Crippen LogP contribution in [-0.2, 0) is 7.05 Å². The average molecular weight is 290 g/mol. The predicted molar refractivity (Wildman–Crippen MR) is 79.8 cm³/mol. The molecule has 1 aromatic heterocycles. The molecule has 6 heteroatoms. The molecule has 2 aromatic rings. The normalized spacial score (nSPS) is 10.6. The van der Waals surface area contributed by atoms with Crippen LogP contribution in [0.2, 0.25) is 0 Å². The van der Waals surface area contributed by atoms with E-state index in [0.29, 0.717) is 17.7 Å². The number of nitrogens with one attached hydrogen (secondary N) is 1. The van der Waals surface area contributed by atoms with Gasteiger partial charge in [-0.1, -0.05) is 0 Å². The molecule has 0 saturated carbocycles. The highest BCUT2D eigenvalue weighted by Crippen LogP contribution is 2.18. The Hall–Kier alpha value is -2.34. The Bertz CT molecular complexity index is 721. The molecular formula is C15H18N2O4. The van der Waals surface area contributed by atoms with Crippen LogP contribution in [0.25, 0.3) is 10.9 Å². The van der Waals surface area contributed by atoms with Crippen molar-refractivity contribution in [2.24, 2.45) is 7.05 Å². The molecule has 112 valence electrons. The molecule has 0 aliphatic heterocycles. The van der Waals surface area contributed by atoms with Gasteiger partial charge in [0.15, 0.2) is 0 Å². The molecule has 2 rings (SSSR count). The lowest BCUT2D eigenvalue weighted by atomic mass is 10.1. The highest BCUT2D eigenvalue weighted by molar-refractivity contribution is 5.97. The van der Waals surface area contributed by atoms with Crippen molar-refractivity contribution in [2.45, 2.75) is 6.92 Å². The Labute approximate surface area is 122 Å². The first-order valence-electron chi connectivity index (χ1n) is 6.73. The van der Waals surface area contributed by atoms with Crippen LogP contribution >= 0.6 is 0 Å². The monoisotopic (exact) mass is 290 g/mol. The fraction of sp³-hybridized carbons (Fsp3) is 0.333. The van der Waals surface area contributed by atoms with Gasteiger partial charge in [0.25, 0.3) is 5.91 Å². The van der Waals surface area contributed by atoms with E-state index in [2.05, 4.69) is 5.32 Å². The number of hydrogen-bond acceptors (Lipinski definition) is 4. The van der Waals surface area contributed by atoms with Gasteiger partial charge in [-0.3, -0.25) is 9.59 Å². The van der Waals surface area contributed by atoms with E-state index >= 15 is 0 Å². The Morgan fingerprint density at radius 3 is 2.86 bits per heavy atom. The molecule has 0 unspecified atom stereocenters. The second-order valence-corrected chi connectivity index (χ2v) is 4.57. The van der Waals surface area contributed by atoms with Gasteiger partial charge < -0.3 is 19.7 Å². The molecule has 0 radical (unpaired) electrons. The van der Waals surface area contributed by atoms with Gasteiger partial charge >= 0.3 is 0 Å². The molecule has 0 aliphatic carbocycles. The van der Waals surface area contributed by atoms with Crippen molar-refractivity contribution >= 4 is 16.8 Å². The number of aliphatic hydroxyl groups is 1. The number of pyridine rings is 1. The van der Waals surface area contributed by atoms with Crippen LogP contribution in [0.3, 0.4) is 0 Å².